The zero-order valence-electron chi connectivity index (χ0n) is 16.8. The number of fused-ring (bicyclic) bond motifs is 2. The van der Waals surface area contributed by atoms with Gasteiger partial charge >= 0.3 is 0 Å². The maximum absolute atomic E-state index is 11.7. The quantitative estimate of drug-likeness (QED) is 0.827. The van der Waals surface area contributed by atoms with E-state index < -0.39 is 5.60 Å². The van der Waals surface area contributed by atoms with Gasteiger partial charge in [-0.15, -0.1) is 0 Å². The molecule has 2 fully saturated rings. The van der Waals surface area contributed by atoms with Gasteiger partial charge in [0, 0.05) is 49.4 Å². The van der Waals surface area contributed by atoms with E-state index in [2.05, 4.69) is 22.0 Å². The third-order valence-electron chi connectivity index (χ3n) is 6.37. The Balaban J connectivity index is 1.53. The molecule has 1 aromatic carbocycles. The summed E-state index contributed by atoms with van der Waals surface area (Å²) in [4.78, 5) is 6.75. The molecule has 1 N–H and O–H groups in total. The predicted molar refractivity (Wildman–Crippen MR) is 108 cm³/mol. The average molecular weight is 383 g/mol. The number of hydrogen-bond donors (Lipinski definition) is 1. The molecule has 150 valence electrons. The summed E-state index contributed by atoms with van der Waals surface area (Å²) in [5.41, 5.74) is 1.45. The normalized spacial score (nSPS) is 27.4. The van der Waals surface area contributed by atoms with Crippen LogP contribution in [0.15, 0.2) is 42.7 Å². The number of rotatable bonds is 6. The number of likely N-dealkylation sites (tertiary alicyclic amines) is 1. The van der Waals surface area contributed by atoms with E-state index in [1.807, 2.05) is 31.3 Å². The van der Waals surface area contributed by atoms with Crippen molar-refractivity contribution >= 4 is 0 Å². The third kappa shape index (κ3) is 3.49. The van der Waals surface area contributed by atoms with Gasteiger partial charge in [-0.05, 0) is 43.5 Å². The number of aliphatic hydroxyl groups is 1. The molecule has 2 bridgehead atoms. The molecular formula is C23H30N2O3. The second kappa shape index (κ2) is 8.10. The number of piperidine rings is 1. The minimum Gasteiger partial charge on any atom is -0.493 e. The standard InChI is InChI=1S/C23H30N2O3/c1-3-28-22-12-17(9-10-21(22)27-2)14-25-15-19-6-4-7-20(16-25)23(19,26)18-8-5-11-24-13-18/h5,8-13,19-20,26H,3-4,6-7,14-16H2,1-2H3. The molecule has 0 spiro atoms. The highest BCUT2D eigenvalue weighted by molar-refractivity contribution is 5.43. The van der Waals surface area contributed by atoms with Gasteiger partial charge in [0.2, 0.25) is 0 Å². The number of pyridine rings is 1. The number of ether oxygens (including phenoxy) is 2. The van der Waals surface area contributed by atoms with Crippen LogP contribution in [0, 0.1) is 11.8 Å². The van der Waals surface area contributed by atoms with Crippen LogP contribution in [0.3, 0.4) is 0 Å². The van der Waals surface area contributed by atoms with Crippen LogP contribution in [-0.2, 0) is 12.1 Å². The van der Waals surface area contributed by atoms with Crippen LogP contribution >= 0.6 is 0 Å². The Labute approximate surface area is 167 Å². The van der Waals surface area contributed by atoms with Gasteiger partial charge in [0.1, 0.15) is 0 Å². The summed E-state index contributed by atoms with van der Waals surface area (Å²) < 4.78 is 11.1. The van der Waals surface area contributed by atoms with E-state index >= 15 is 0 Å². The molecule has 2 aliphatic rings. The van der Waals surface area contributed by atoms with Crippen LogP contribution in [0.5, 0.6) is 11.5 Å². The molecule has 1 aromatic heterocycles. The van der Waals surface area contributed by atoms with E-state index in [1.165, 1.54) is 12.0 Å². The van der Waals surface area contributed by atoms with Crippen molar-refractivity contribution in [2.75, 3.05) is 26.8 Å². The van der Waals surface area contributed by atoms with Gasteiger partial charge in [0.15, 0.2) is 11.5 Å². The van der Waals surface area contributed by atoms with Crippen molar-refractivity contribution in [2.24, 2.45) is 11.8 Å². The van der Waals surface area contributed by atoms with Crippen molar-refractivity contribution in [1.82, 2.24) is 9.88 Å². The first-order valence-corrected chi connectivity index (χ1v) is 10.3. The van der Waals surface area contributed by atoms with E-state index in [-0.39, 0.29) is 11.8 Å². The molecule has 5 heteroatoms. The summed E-state index contributed by atoms with van der Waals surface area (Å²) in [5, 5.41) is 11.7. The Morgan fingerprint density at radius 1 is 1.18 bits per heavy atom. The largest absolute Gasteiger partial charge is 0.493 e. The molecule has 1 aliphatic heterocycles. The minimum absolute atomic E-state index is 0.244. The van der Waals surface area contributed by atoms with Crippen molar-refractivity contribution in [3.63, 3.8) is 0 Å². The van der Waals surface area contributed by atoms with E-state index in [0.717, 1.165) is 49.5 Å². The Kier molecular flexibility index (Phi) is 5.56. The highest BCUT2D eigenvalue weighted by Gasteiger charge is 2.51. The fraction of sp³-hybridized carbons (Fsp3) is 0.522. The van der Waals surface area contributed by atoms with E-state index in [1.54, 1.807) is 13.3 Å². The maximum Gasteiger partial charge on any atom is 0.161 e. The topological polar surface area (TPSA) is 54.8 Å². The molecule has 1 saturated carbocycles. The summed E-state index contributed by atoms with van der Waals surface area (Å²) in [7, 11) is 1.67. The van der Waals surface area contributed by atoms with Crippen LogP contribution in [-0.4, -0.2) is 41.8 Å². The molecule has 0 radical (unpaired) electrons. The zero-order chi connectivity index (χ0) is 19.6. The monoisotopic (exact) mass is 382 g/mol. The van der Waals surface area contributed by atoms with Crippen LogP contribution in [0.1, 0.15) is 37.3 Å². The summed E-state index contributed by atoms with van der Waals surface area (Å²) in [6, 6.07) is 10.1. The molecule has 5 nitrogen and oxygen atoms in total. The van der Waals surface area contributed by atoms with Crippen molar-refractivity contribution in [1.29, 1.82) is 0 Å². The van der Waals surface area contributed by atoms with Crippen LogP contribution in [0.2, 0.25) is 0 Å². The summed E-state index contributed by atoms with van der Waals surface area (Å²) in [5.74, 6) is 2.06. The maximum atomic E-state index is 11.7. The molecule has 28 heavy (non-hydrogen) atoms. The lowest BCUT2D eigenvalue weighted by Crippen LogP contribution is -2.57. The fourth-order valence-corrected chi connectivity index (χ4v) is 5.09. The predicted octanol–water partition coefficient (Wildman–Crippen LogP) is 3.61. The lowest BCUT2D eigenvalue weighted by Gasteiger charge is -2.53. The van der Waals surface area contributed by atoms with Crippen LogP contribution < -0.4 is 9.47 Å². The van der Waals surface area contributed by atoms with Gasteiger partial charge in [-0.25, -0.2) is 0 Å². The van der Waals surface area contributed by atoms with Gasteiger partial charge in [-0.1, -0.05) is 18.6 Å². The molecule has 2 unspecified atom stereocenters. The minimum atomic E-state index is -0.751. The Morgan fingerprint density at radius 2 is 1.96 bits per heavy atom. The number of nitrogens with zero attached hydrogens (tertiary/aromatic N) is 2. The molecule has 4 rings (SSSR count). The van der Waals surface area contributed by atoms with E-state index in [0.29, 0.717) is 6.61 Å². The summed E-state index contributed by atoms with van der Waals surface area (Å²) in [6.45, 7) is 5.26. The lowest BCUT2D eigenvalue weighted by molar-refractivity contribution is -0.148. The number of hydrogen-bond acceptors (Lipinski definition) is 5. The van der Waals surface area contributed by atoms with Gasteiger partial charge in [-0.2, -0.15) is 0 Å². The SMILES string of the molecule is CCOc1cc(CN2CC3CCCC(C2)C3(O)c2cccnc2)ccc1OC. The zero-order valence-corrected chi connectivity index (χ0v) is 16.8. The molecular weight excluding hydrogens is 352 g/mol. The van der Waals surface area contributed by atoms with Gasteiger partial charge in [0.25, 0.3) is 0 Å². The first-order chi connectivity index (χ1) is 13.6. The second-order valence-electron chi connectivity index (χ2n) is 8.00. The van der Waals surface area contributed by atoms with Crippen molar-refractivity contribution < 1.29 is 14.6 Å². The molecule has 2 aromatic rings. The smallest absolute Gasteiger partial charge is 0.161 e. The summed E-state index contributed by atoms with van der Waals surface area (Å²) in [6.07, 6.45) is 6.94. The first kappa shape index (κ1) is 19.2. The van der Waals surface area contributed by atoms with Crippen LogP contribution in [0.4, 0.5) is 0 Å². The second-order valence-corrected chi connectivity index (χ2v) is 8.00. The van der Waals surface area contributed by atoms with Gasteiger partial charge < -0.3 is 14.6 Å². The molecule has 1 aliphatic carbocycles. The van der Waals surface area contributed by atoms with Gasteiger partial charge in [-0.3, -0.25) is 9.88 Å². The molecule has 0 amide bonds. The highest BCUT2D eigenvalue weighted by Crippen LogP contribution is 2.49. The van der Waals surface area contributed by atoms with Crippen molar-refractivity contribution in [3.8, 4) is 11.5 Å². The summed E-state index contributed by atoms with van der Waals surface area (Å²) >= 11 is 0. The van der Waals surface area contributed by atoms with Crippen LogP contribution in [0.25, 0.3) is 0 Å². The first-order valence-electron chi connectivity index (χ1n) is 10.3. The van der Waals surface area contributed by atoms with E-state index in [4.69, 9.17) is 9.47 Å². The number of aromatic nitrogens is 1. The third-order valence-corrected chi connectivity index (χ3v) is 6.37. The highest BCUT2D eigenvalue weighted by atomic mass is 16.5. The molecule has 2 heterocycles. The lowest BCUT2D eigenvalue weighted by atomic mass is 9.63. The number of benzene rings is 1. The number of methoxy groups -OCH3 is 1. The van der Waals surface area contributed by atoms with Crippen molar-refractivity contribution in [3.05, 3.63) is 53.9 Å². The Bertz CT molecular complexity index is 782. The molecule has 2 atom stereocenters. The Morgan fingerprint density at radius 3 is 2.61 bits per heavy atom. The Hall–Kier alpha value is -2.11. The average Bonchev–Trinajstić information content (AvgIpc) is 2.70. The fourth-order valence-electron chi connectivity index (χ4n) is 5.09. The van der Waals surface area contributed by atoms with Crippen molar-refractivity contribution in [2.45, 2.75) is 38.3 Å². The van der Waals surface area contributed by atoms with E-state index in [9.17, 15) is 5.11 Å². The molecule has 1 saturated heterocycles. The van der Waals surface area contributed by atoms with Gasteiger partial charge in [0.05, 0.1) is 19.3 Å².